The van der Waals surface area contributed by atoms with E-state index in [9.17, 15) is 0 Å². The lowest BCUT2D eigenvalue weighted by atomic mass is 10.1. The number of aromatic nitrogens is 2. The Balaban J connectivity index is 1.41. The van der Waals surface area contributed by atoms with Crippen LogP contribution >= 0.6 is 0 Å². The molecule has 1 aromatic heterocycles. The van der Waals surface area contributed by atoms with E-state index in [0.717, 1.165) is 44.6 Å². The second-order valence-corrected chi connectivity index (χ2v) is 6.02. The lowest BCUT2D eigenvalue weighted by Crippen LogP contribution is -2.36. The third-order valence-corrected chi connectivity index (χ3v) is 4.39. The molecule has 2 aromatic rings. The fraction of sp³-hybridized carbons (Fsp3) is 0.500. The second-order valence-electron chi connectivity index (χ2n) is 6.02. The molecular formula is C18H25N3O. The number of ether oxygens (including phenoxy) is 1. The minimum atomic E-state index is 0.371. The number of H-pyrrole nitrogens is 1. The molecule has 0 saturated carbocycles. The van der Waals surface area contributed by atoms with Crippen molar-refractivity contribution in [1.29, 1.82) is 0 Å². The van der Waals surface area contributed by atoms with Gasteiger partial charge < -0.3 is 9.72 Å². The lowest BCUT2D eigenvalue weighted by Gasteiger charge is -2.31. The number of likely N-dealkylation sites (tertiary alicyclic amines) is 1. The summed E-state index contributed by atoms with van der Waals surface area (Å²) in [4.78, 5) is 9.68. The zero-order chi connectivity index (χ0) is 15.2. The quantitative estimate of drug-likeness (QED) is 0.891. The molecule has 1 aliphatic rings. The Kier molecular flexibility index (Phi) is 5.24. The van der Waals surface area contributed by atoms with Gasteiger partial charge in [0.15, 0.2) is 0 Å². The van der Waals surface area contributed by atoms with Crippen LogP contribution in [0.25, 0.3) is 0 Å². The Morgan fingerprint density at radius 1 is 1.18 bits per heavy atom. The van der Waals surface area contributed by atoms with Crippen molar-refractivity contribution in [1.82, 2.24) is 14.9 Å². The molecule has 0 bridgehead atoms. The zero-order valence-corrected chi connectivity index (χ0v) is 13.3. The van der Waals surface area contributed by atoms with Crippen molar-refractivity contribution in [2.45, 2.75) is 45.4 Å². The van der Waals surface area contributed by atoms with Crippen LogP contribution in [0.15, 0.2) is 36.8 Å². The number of imidazole rings is 1. The SMILES string of the molecule is CCc1ccc(CN2CCC(OCc3c[nH]cn3)CC2)cc1. The highest BCUT2D eigenvalue weighted by Gasteiger charge is 2.19. The number of benzene rings is 1. The first kappa shape index (κ1) is 15.3. The molecule has 0 atom stereocenters. The number of nitrogens with one attached hydrogen (secondary N) is 1. The van der Waals surface area contributed by atoms with Gasteiger partial charge in [0.05, 0.1) is 24.7 Å². The highest BCUT2D eigenvalue weighted by molar-refractivity contribution is 5.22. The maximum absolute atomic E-state index is 5.95. The summed E-state index contributed by atoms with van der Waals surface area (Å²) in [5.74, 6) is 0. The summed E-state index contributed by atoms with van der Waals surface area (Å²) in [6.45, 7) is 6.09. The Morgan fingerprint density at radius 3 is 2.55 bits per heavy atom. The third kappa shape index (κ3) is 4.18. The Labute approximate surface area is 132 Å². The van der Waals surface area contributed by atoms with Gasteiger partial charge in [-0.1, -0.05) is 31.2 Å². The largest absolute Gasteiger partial charge is 0.372 e. The van der Waals surface area contributed by atoms with E-state index in [0.29, 0.717) is 12.7 Å². The molecule has 2 heterocycles. The molecule has 118 valence electrons. The molecule has 1 saturated heterocycles. The van der Waals surface area contributed by atoms with E-state index in [1.54, 1.807) is 6.33 Å². The van der Waals surface area contributed by atoms with Crippen LogP contribution in [0, 0.1) is 0 Å². The molecule has 4 nitrogen and oxygen atoms in total. The first-order valence-electron chi connectivity index (χ1n) is 8.23. The van der Waals surface area contributed by atoms with Crippen LogP contribution in [0.1, 0.15) is 36.6 Å². The van der Waals surface area contributed by atoms with Gasteiger partial charge in [0, 0.05) is 25.8 Å². The van der Waals surface area contributed by atoms with Gasteiger partial charge in [0.1, 0.15) is 0 Å². The second kappa shape index (κ2) is 7.56. The molecule has 1 aliphatic heterocycles. The van der Waals surface area contributed by atoms with E-state index in [4.69, 9.17) is 4.74 Å². The summed E-state index contributed by atoms with van der Waals surface area (Å²) in [5, 5.41) is 0. The molecule has 0 aliphatic carbocycles. The van der Waals surface area contributed by atoms with Crippen LogP contribution in [0.3, 0.4) is 0 Å². The third-order valence-electron chi connectivity index (χ3n) is 4.39. The Hall–Kier alpha value is -1.65. The van der Waals surface area contributed by atoms with Gasteiger partial charge in [-0.05, 0) is 30.4 Å². The maximum Gasteiger partial charge on any atom is 0.0924 e. The van der Waals surface area contributed by atoms with Gasteiger partial charge in [-0.3, -0.25) is 4.90 Å². The van der Waals surface area contributed by atoms with Gasteiger partial charge in [0.2, 0.25) is 0 Å². The minimum absolute atomic E-state index is 0.371. The number of hydrogen-bond acceptors (Lipinski definition) is 3. The van der Waals surface area contributed by atoms with E-state index < -0.39 is 0 Å². The van der Waals surface area contributed by atoms with Gasteiger partial charge in [0.25, 0.3) is 0 Å². The molecule has 4 heteroatoms. The summed E-state index contributed by atoms with van der Waals surface area (Å²) in [6.07, 6.45) is 7.30. The monoisotopic (exact) mass is 299 g/mol. The van der Waals surface area contributed by atoms with Crippen LogP contribution in [-0.4, -0.2) is 34.1 Å². The number of rotatable bonds is 6. The summed E-state index contributed by atoms with van der Waals surface area (Å²) in [7, 11) is 0. The lowest BCUT2D eigenvalue weighted by molar-refractivity contribution is -0.00511. The molecular weight excluding hydrogens is 274 g/mol. The van der Waals surface area contributed by atoms with Gasteiger partial charge in [-0.2, -0.15) is 0 Å². The Bertz CT molecular complexity index is 542. The van der Waals surface area contributed by atoms with Crippen molar-refractivity contribution in [3.8, 4) is 0 Å². The fourth-order valence-corrected chi connectivity index (χ4v) is 2.95. The molecule has 3 rings (SSSR count). The highest BCUT2D eigenvalue weighted by Crippen LogP contribution is 2.17. The zero-order valence-electron chi connectivity index (χ0n) is 13.3. The fourth-order valence-electron chi connectivity index (χ4n) is 2.95. The van der Waals surface area contributed by atoms with Crippen molar-refractivity contribution < 1.29 is 4.74 Å². The first-order chi connectivity index (χ1) is 10.8. The van der Waals surface area contributed by atoms with Crippen LogP contribution < -0.4 is 0 Å². The Morgan fingerprint density at radius 2 is 1.91 bits per heavy atom. The van der Waals surface area contributed by atoms with Crippen molar-refractivity contribution in [3.63, 3.8) is 0 Å². The van der Waals surface area contributed by atoms with Crippen molar-refractivity contribution in [2.75, 3.05) is 13.1 Å². The number of aryl methyl sites for hydroxylation is 1. The van der Waals surface area contributed by atoms with Crippen LogP contribution in [0.5, 0.6) is 0 Å². The standard InChI is InChI=1S/C18H25N3O/c1-2-15-3-5-16(6-4-15)12-21-9-7-18(8-10-21)22-13-17-11-19-14-20-17/h3-6,11,14,18H,2,7-10,12-13H2,1H3,(H,19,20). The number of piperidine rings is 1. The highest BCUT2D eigenvalue weighted by atomic mass is 16.5. The predicted octanol–water partition coefficient (Wildman–Crippen LogP) is 3.15. The smallest absolute Gasteiger partial charge is 0.0924 e. The van der Waals surface area contributed by atoms with Crippen molar-refractivity contribution in [3.05, 3.63) is 53.6 Å². The summed E-state index contributed by atoms with van der Waals surface area (Å²) in [6, 6.07) is 9.02. The molecule has 0 unspecified atom stereocenters. The van der Waals surface area contributed by atoms with E-state index in [1.807, 2.05) is 6.20 Å². The van der Waals surface area contributed by atoms with Crippen LogP contribution in [-0.2, 0) is 24.3 Å². The average molecular weight is 299 g/mol. The van der Waals surface area contributed by atoms with Gasteiger partial charge in [-0.15, -0.1) is 0 Å². The predicted molar refractivity (Wildman–Crippen MR) is 87.5 cm³/mol. The van der Waals surface area contributed by atoms with E-state index >= 15 is 0 Å². The van der Waals surface area contributed by atoms with Gasteiger partial charge in [-0.25, -0.2) is 4.98 Å². The molecule has 0 spiro atoms. The molecule has 1 fully saturated rings. The normalized spacial score (nSPS) is 17.0. The minimum Gasteiger partial charge on any atom is -0.372 e. The molecule has 0 amide bonds. The summed E-state index contributed by atoms with van der Waals surface area (Å²) < 4.78 is 5.95. The van der Waals surface area contributed by atoms with Crippen molar-refractivity contribution >= 4 is 0 Å². The molecule has 22 heavy (non-hydrogen) atoms. The van der Waals surface area contributed by atoms with E-state index in [-0.39, 0.29) is 0 Å². The van der Waals surface area contributed by atoms with Crippen LogP contribution in [0.2, 0.25) is 0 Å². The average Bonchev–Trinajstić information content (AvgIpc) is 3.08. The molecule has 1 N–H and O–H groups in total. The number of nitrogens with zero attached hydrogens (tertiary/aromatic N) is 2. The van der Waals surface area contributed by atoms with Crippen molar-refractivity contribution in [2.24, 2.45) is 0 Å². The topological polar surface area (TPSA) is 41.1 Å². The van der Waals surface area contributed by atoms with Crippen LogP contribution in [0.4, 0.5) is 0 Å². The first-order valence-corrected chi connectivity index (χ1v) is 8.23. The summed E-state index contributed by atoms with van der Waals surface area (Å²) in [5.41, 5.74) is 3.81. The van der Waals surface area contributed by atoms with E-state index in [2.05, 4.69) is 46.1 Å². The summed E-state index contributed by atoms with van der Waals surface area (Å²) >= 11 is 0. The number of aromatic amines is 1. The number of hydrogen-bond donors (Lipinski definition) is 1. The van der Waals surface area contributed by atoms with Gasteiger partial charge >= 0.3 is 0 Å². The maximum atomic E-state index is 5.95. The van der Waals surface area contributed by atoms with E-state index in [1.165, 1.54) is 11.1 Å². The molecule has 1 aromatic carbocycles. The molecule has 0 radical (unpaired) electrons.